The molecule has 5 rings (SSSR count). The average molecular weight is 603 g/mol. The van der Waals surface area contributed by atoms with Gasteiger partial charge in [0.05, 0.1) is 49.6 Å². The van der Waals surface area contributed by atoms with E-state index in [4.69, 9.17) is 21.1 Å². The highest BCUT2D eigenvalue weighted by molar-refractivity contribution is 7.16. The Kier molecular flexibility index (Phi) is 7.94. The molecule has 2 amide bonds. The van der Waals surface area contributed by atoms with Crippen molar-refractivity contribution < 1.29 is 32.6 Å². The lowest BCUT2D eigenvalue weighted by Gasteiger charge is -2.17. The van der Waals surface area contributed by atoms with Gasteiger partial charge in [-0.1, -0.05) is 22.9 Å². The number of ether oxygens (including phenoxy) is 3. The van der Waals surface area contributed by atoms with Crippen molar-refractivity contribution in [2.24, 2.45) is 0 Å². The number of hydrogen-bond acceptors (Lipinski definition) is 10. The minimum atomic E-state index is -3.06. The quantitative estimate of drug-likeness (QED) is 0.278. The van der Waals surface area contributed by atoms with E-state index >= 15 is 0 Å². The van der Waals surface area contributed by atoms with Gasteiger partial charge in [-0.2, -0.15) is 13.8 Å². The number of aryl methyl sites for hydroxylation is 1. The Hall–Kier alpha value is -4.43. The standard InChI is InChI=1S/C26H21ClF2N6O5S/c1-12-6-14(15-7-20(27)31-9-18(15)38-2)16(8-30-12)22(36)34-26-32-17-10-35(11-19(17)41-26)24(37)13-4-5-21(40-25(28)29)33-23(13)39-3/h4-9,25H,10-11H2,1-3H3,(H,32,34,36). The van der Waals surface area contributed by atoms with Crippen molar-refractivity contribution in [2.75, 3.05) is 19.5 Å². The van der Waals surface area contributed by atoms with Crippen molar-refractivity contribution in [1.29, 1.82) is 0 Å². The minimum absolute atomic E-state index is 0.0869. The molecule has 0 spiro atoms. The topological polar surface area (TPSA) is 129 Å². The fourth-order valence-electron chi connectivity index (χ4n) is 4.23. The highest BCUT2D eigenvalue weighted by atomic mass is 35.5. The van der Waals surface area contributed by atoms with Gasteiger partial charge >= 0.3 is 6.61 Å². The van der Waals surface area contributed by atoms with Gasteiger partial charge in [0.25, 0.3) is 11.8 Å². The molecule has 0 saturated carbocycles. The molecule has 0 aliphatic carbocycles. The Morgan fingerprint density at radius 1 is 1.05 bits per heavy atom. The van der Waals surface area contributed by atoms with Gasteiger partial charge in [0, 0.05) is 29.1 Å². The summed E-state index contributed by atoms with van der Waals surface area (Å²) in [5.41, 5.74) is 2.81. The van der Waals surface area contributed by atoms with E-state index < -0.39 is 18.4 Å². The number of rotatable bonds is 8. The van der Waals surface area contributed by atoms with E-state index in [0.29, 0.717) is 33.4 Å². The number of carbonyl (C=O) groups is 2. The number of aromatic nitrogens is 4. The Morgan fingerprint density at radius 3 is 2.56 bits per heavy atom. The molecule has 0 unspecified atom stereocenters. The van der Waals surface area contributed by atoms with Crippen LogP contribution in [0, 0.1) is 6.92 Å². The fraction of sp³-hybridized carbons (Fsp3) is 0.231. The Labute approximate surface area is 241 Å². The van der Waals surface area contributed by atoms with E-state index in [1.54, 1.807) is 19.1 Å². The van der Waals surface area contributed by atoms with Gasteiger partial charge in [0.15, 0.2) is 5.13 Å². The second-order valence-electron chi connectivity index (χ2n) is 8.67. The largest absolute Gasteiger partial charge is 0.494 e. The van der Waals surface area contributed by atoms with Gasteiger partial charge in [-0.05, 0) is 25.1 Å². The van der Waals surface area contributed by atoms with Crippen LogP contribution in [0.15, 0.2) is 36.7 Å². The summed E-state index contributed by atoms with van der Waals surface area (Å²) in [6.45, 7) is -0.863. The van der Waals surface area contributed by atoms with E-state index in [0.717, 1.165) is 4.88 Å². The molecule has 41 heavy (non-hydrogen) atoms. The molecule has 5 heterocycles. The first-order valence-corrected chi connectivity index (χ1v) is 13.1. The molecule has 15 heteroatoms. The monoisotopic (exact) mass is 602 g/mol. The molecule has 1 aliphatic rings. The maximum absolute atomic E-state index is 13.3. The second-order valence-corrected chi connectivity index (χ2v) is 10.1. The lowest BCUT2D eigenvalue weighted by Crippen LogP contribution is -2.26. The fourth-order valence-corrected chi connectivity index (χ4v) is 5.36. The zero-order valence-corrected chi connectivity index (χ0v) is 23.3. The first kappa shape index (κ1) is 28.1. The summed E-state index contributed by atoms with van der Waals surface area (Å²) in [5, 5.41) is 3.41. The van der Waals surface area contributed by atoms with Crippen LogP contribution in [-0.2, 0) is 13.1 Å². The van der Waals surface area contributed by atoms with Crippen molar-refractivity contribution in [3.63, 3.8) is 0 Å². The average Bonchev–Trinajstić information content (AvgIpc) is 3.51. The molecule has 1 N–H and O–H groups in total. The number of alkyl halides is 2. The van der Waals surface area contributed by atoms with Crippen LogP contribution in [0.1, 0.15) is 37.0 Å². The molecule has 1 aliphatic heterocycles. The van der Waals surface area contributed by atoms with Crippen molar-refractivity contribution in [2.45, 2.75) is 26.6 Å². The summed E-state index contributed by atoms with van der Waals surface area (Å²) in [4.78, 5) is 45.4. The van der Waals surface area contributed by atoms with Crippen LogP contribution in [-0.4, -0.2) is 57.5 Å². The zero-order valence-electron chi connectivity index (χ0n) is 21.8. The predicted molar refractivity (Wildman–Crippen MR) is 145 cm³/mol. The number of fused-ring (bicyclic) bond motifs is 1. The third-order valence-corrected chi connectivity index (χ3v) is 7.26. The van der Waals surface area contributed by atoms with Crippen LogP contribution >= 0.6 is 22.9 Å². The molecular formula is C26H21ClF2N6O5S. The number of hydrogen-bond donors (Lipinski definition) is 1. The zero-order chi connectivity index (χ0) is 29.3. The molecule has 0 fully saturated rings. The lowest BCUT2D eigenvalue weighted by atomic mass is 10.0. The number of anilines is 1. The summed E-state index contributed by atoms with van der Waals surface area (Å²) in [7, 11) is 2.77. The molecule has 0 saturated heterocycles. The molecule has 11 nitrogen and oxygen atoms in total. The van der Waals surface area contributed by atoms with Gasteiger partial charge < -0.3 is 19.1 Å². The second kappa shape index (κ2) is 11.6. The summed E-state index contributed by atoms with van der Waals surface area (Å²) in [6.07, 6.45) is 2.94. The Bertz CT molecular complexity index is 1630. The van der Waals surface area contributed by atoms with Gasteiger partial charge in [0.1, 0.15) is 16.5 Å². The molecule has 0 bridgehead atoms. The van der Waals surface area contributed by atoms with Crippen LogP contribution in [0.4, 0.5) is 13.9 Å². The highest BCUT2D eigenvalue weighted by Gasteiger charge is 2.31. The van der Waals surface area contributed by atoms with E-state index in [9.17, 15) is 18.4 Å². The van der Waals surface area contributed by atoms with Crippen LogP contribution in [0.25, 0.3) is 11.1 Å². The van der Waals surface area contributed by atoms with Crippen molar-refractivity contribution >= 4 is 39.9 Å². The molecule has 4 aromatic heterocycles. The number of thiazole rings is 1. The molecule has 212 valence electrons. The maximum atomic E-state index is 13.3. The van der Waals surface area contributed by atoms with Crippen molar-refractivity contribution in [1.82, 2.24) is 24.8 Å². The van der Waals surface area contributed by atoms with Crippen LogP contribution in [0.2, 0.25) is 5.15 Å². The van der Waals surface area contributed by atoms with Gasteiger partial charge in [-0.25, -0.2) is 9.97 Å². The Balaban J connectivity index is 1.33. The molecule has 0 atom stereocenters. The molecular weight excluding hydrogens is 582 g/mol. The predicted octanol–water partition coefficient (Wildman–Crippen LogP) is 4.98. The number of pyridine rings is 3. The number of carbonyl (C=O) groups excluding carboxylic acids is 2. The van der Waals surface area contributed by atoms with Gasteiger partial charge in [-0.15, -0.1) is 0 Å². The lowest BCUT2D eigenvalue weighted by molar-refractivity contribution is -0.0530. The smallest absolute Gasteiger partial charge is 0.388 e. The van der Waals surface area contributed by atoms with Gasteiger partial charge in [-0.3, -0.25) is 19.9 Å². The Morgan fingerprint density at radius 2 is 1.85 bits per heavy atom. The molecule has 0 radical (unpaired) electrons. The highest BCUT2D eigenvalue weighted by Crippen LogP contribution is 2.36. The first-order chi connectivity index (χ1) is 19.7. The first-order valence-electron chi connectivity index (χ1n) is 11.9. The number of nitrogens with zero attached hydrogens (tertiary/aromatic N) is 5. The third-order valence-electron chi connectivity index (χ3n) is 6.06. The maximum Gasteiger partial charge on any atom is 0.388 e. The van der Waals surface area contributed by atoms with Crippen molar-refractivity contribution in [3.05, 3.63) is 69.2 Å². The summed E-state index contributed by atoms with van der Waals surface area (Å²) >= 11 is 7.35. The normalized spacial score (nSPS) is 12.3. The molecule has 0 aromatic carbocycles. The number of methoxy groups -OCH3 is 2. The summed E-state index contributed by atoms with van der Waals surface area (Å²) in [6, 6.07) is 5.85. The number of nitrogens with one attached hydrogen (secondary N) is 1. The third kappa shape index (κ3) is 5.88. The van der Waals surface area contributed by atoms with E-state index in [1.807, 2.05) is 0 Å². The van der Waals surface area contributed by atoms with Crippen LogP contribution in [0.5, 0.6) is 17.5 Å². The van der Waals surface area contributed by atoms with Crippen molar-refractivity contribution in [3.8, 4) is 28.6 Å². The number of halogens is 3. The summed E-state index contributed by atoms with van der Waals surface area (Å²) in [5.74, 6) is -0.929. The molecule has 4 aromatic rings. The van der Waals surface area contributed by atoms with Crippen LogP contribution < -0.4 is 19.5 Å². The minimum Gasteiger partial charge on any atom is -0.494 e. The van der Waals surface area contributed by atoms with E-state index in [-0.39, 0.29) is 41.1 Å². The van der Waals surface area contributed by atoms with E-state index in [2.05, 4.69) is 30.0 Å². The SMILES string of the molecule is COc1cnc(Cl)cc1-c1cc(C)ncc1C(=O)Nc1nc2c(s1)CN(C(=O)c1ccc(OC(F)F)nc1OC)C2. The van der Waals surface area contributed by atoms with E-state index in [1.165, 1.54) is 55.0 Å². The van der Waals surface area contributed by atoms with Gasteiger partial charge in [0.2, 0.25) is 11.8 Å². The van der Waals surface area contributed by atoms with Crippen LogP contribution in [0.3, 0.4) is 0 Å². The summed E-state index contributed by atoms with van der Waals surface area (Å²) < 4.78 is 39.8. The number of amides is 2.